The zero-order chi connectivity index (χ0) is 10.8. The lowest BCUT2D eigenvalue weighted by Gasteiger charge is -1.94. The van der Waals surface area contributed by atoms with Gasteiger partial charge in [0.25, 0.3) is 0 Å². The van der Waals surface area contributed by atoms with E-state index in [1.54, 1.807) is 0 Å². The third-order valence-electron chi connectivity index (χ3n) is 1.91. The number of aryl methyl sites for hydroxylation is 1. The second-order valence-electron chi connectivity index (χ2n) is 3.17. The van der Waals surface area contributed by atoms with E-state index in [0.29, 0.717) is 5.13 Å². The molecule has 1 amide bonds. The van der Waals surface area contributed by atoms with E-state index in [9.17, 15) is 4.79 Å². The summed E-state index contributed by atoms with van der Waals surface area (Å²) in [5, 5.41) is 3.24. The lowest BCUT2D eigenvalue weighted by atomic mass is 10.2. The van der Waals surface area contributed by atoms with Crippen LogP contribution in [0.15, 0.2) is 18.2 Å². The van der Waals surface area contributed by atoms with Crippen molar-refractivity contribution in [3.05, 3.63) is 23.8 Å². The van der Waals surface area contributed by atoms with Gasteiger partial charge in [0.1, 0.15) is 5.88 Å². The number of nitrogens with zero attached hydrogens (tertiary/aromatic N) is 1. The Hall–Kier alpha value is -0.840. The average molecular weight is 277 g/mol. The number of fused-ring (bicyclic) bond motifs is 1. The maximum atomic E-state index is 11.0. The summed E-state index contributed by atoms with van der Waals surface area (Å²) in [7, 11) is 0. The number of alkyl halides is 1. The molecule has 0 unspecified atom stereocenters. The van der Waals surface area contributed by atoms with E-state index in [2.05, 4.69) is 10.3 Å². The van der Waals surface area contributed by atoms with Crippen LogP contribution in [0.3, 0.4) is 0 Å². The van der Waals surface area contributed by atoms with E-state index in [4.69, 9.17) is 11.6 Å². The normalized spacial score (nSPS) is 9.88. The summed E-state index contributed by atoms with van der Waals surface area (Å²) in [5.41, 5.74) is 2.08. The van der Waals surface area contributed by atoms with Crippen molar-refractivity contribution in [3.8, 4) is 0 Å². The minimum absolute atomic E-state index is 0. The number of hydrogen-bond acceptors (Lipinski definition) is 3. The van der Waals surface area contributed by atoms with Crippen LogP contribution >= 0.6 is 35.3 Å². The smallest absolute Gasteiger partial charge is 0.241 e. The van der Waals surface area contributed by atoms with Gasteiger partial charge in [-0.25, -0.2) is 4.98 Å². The van der Waals surface area contributed by atoms with Gasteiger partial charge in [0.15, 0.2) is 5.13 Å². The molecule has 0 saturated heterocycles. The van der Waals surface area contributed by atoms with Gasteiger partial charge >= 0.3 is 0 Å². The number of carbonyl (C=O) groups is 1. The van der Waals surface area contributed by atoms with Gasteiger partial charge in [0.05, 0.1) is 10.2 Å². The van der Waals surface area contributed by atoms with Crippen LogP contribution in [-0.2, 0) is 4.79 Å². The Bertz CT molecular complexity index is 512. The number of halogens is 2. The molecule has 3 nitrogen and oxygen atoms in total. The van der Waals surface area contributed by atoms with Crippen LogP contribution in [0.25, 0.3) is 10.2 Å². The first kappa shape index (κ1) is 13.2. The molecule has 0 fully saturated rings. The summed E-state index contributed by atoms with van der Waals surface area (Å²) in [5.74, 6) is -0.276. The standard InChI is InChI=1S/C10H9ClN2OS.ClH/c1-6-2-3-7-8(4-6)15-10(12-7)13-9(14)5-11;/h2-4H,5H2,1H3,(H,12,13,14);1H. The average Bonchev–Trinajstić information content (AvgIpc) is 2.59. The second kappa shape index (κ2) is 5.48. The quantitative estimate of drug-likeness (QED) is 0.856. The lowest BCUT2D eigenvalue weighted by molar-refractivity contribution is -0.113. The van der Waals surface area contributed by atoms with Crippen LogP contribution in [0.1, 0.15) is 5.56 Å². The van der Waals surface area contributed by atoms with E-state index >= 15 is 0 Å². The monoisotopic (exact) mass is 276 g/mol. The summed E-state index contributed by atoms with van der Waals surface area (Å²) < 4.78 is 1.07. The fourth-order valence-electron chi connectivity index (χ4n) is 1.24. The van der Waals surface area contributed by atoms with Gasteiger partial charge in [0.2, 0.25) is 5.91 Å². The highest BCUT2D eigenvalue weighted by Crippen LogP contribution is 2.26. The van der Waals surface area contributed by atoms with Crippen LogP contribution in [0.4, 0.5) is 5.13 Å². The number of hydrogen-bond donors (Lipinski definition) is 1. The highest BCUT2D eigenvalue weighted by molar-refractivity contribution is 7.22. The summed E-state index contributed by atoms with van der Waals surface area (Å²) in [4.78, 5) is 15.3. The summed E-state index contributed by atoms with van der Waals surface area (Å²) in [6, 6.07) is 5.98. The molecule has 16 heavy (non-hydrogen) atoms. The van der Waals surface area contributed by atoms with Gasteiger partial charge in [-0.15, -0.1) is 24.0 Å². The number of rotatable bonds is 2. The molecule has 0 aliphatic carbocycles. The molecule has 0 aliphatic heterocycles. The molecule has 86 valence electrons. The van der Waals surface area contributed by atoms with Crippen LogP contribution in [0.5, 0.6) is 0 Å². The number of amides is 1. The Morgan fingerprint density at radius 1 is 1.56 bits per heavy atom. The first-order valence-corrected chi connectivity index (χ1v) is 5.77. The minimum Gasteiger partial charge on any atom is -0.301 e. The van der Waals surface area contributed by atoms with Crippen molar-refractivity contribution in [2.24, 2.45) is 0 Å². The SMILES string of the molecule is Cc1ccc2nc(NC(=O)CCl)sc2c1.Cl. The first-order valence-electron chi connectivity index (χ1n) is 4.42. The van der Waals surface area contributed by atoms with Gasteiger partial charge in [-0.1, -0.05) is 17.4 Å². The minimum atomic E-state index is -0.229. The van der Waals surface area contributed by atoms with E-state index in [-0.39, 0.29) is 24.2 Å². The Morgan fingerprint density at radius 2 is 2.31 bits per heavy atom. The molecule has 0 bridgehead atoms. The number of thiazole rings is 1. The van der Waals surface area contributed by atoms with Gasteiger partial charge in [-0.2, -0.15) is 0 Å². The predicted molar refractivity (Wildman–Crippen MR) is 71.0 cm³/mol. The highest BCUT2D eigenvalue weighted by atomic mass is 35.5. The Balaban J connectivity index is 0.00000128. The molecule has 1 N–H and O–H groups in total. The van der Waals surface area contributed by atoms with Crippen LogP contribution in [-0.4, -0.2) is 16.8 Å². The summed E-state index contributed by atoms with van der Waals surface area (Å²) in [6.45, 7) is 2.02. The van der Waals surface area contributed by atoms with Crippen molar-refractivity contribution in [3.63, 3.8) is 0 Å². The van der Waals surface area contributed by atoms with Crippen LogP contribution < -0.4 is 5.32 Å². The summed E-state index contributed by atoms with van der Waals surface area (Å²) in [6.07, 6.45) is 0. The molecule has 0 radical (unpaired) electrons. The van der Waals surface area contributed by atoms with Crippen molar-refractivity contribution >= 4 is 56.6 Å². The fraction of sp³-hybridized carbons (Fsp3) is 0.200. The Labute approximate surface area is 108 Å². The molecular formula is C10H10Cl2N2OS. The van der Waals surface area contributed by atoms with E-state index in [0.717, 1.165) is 10.2 Å². The third kappa shape index (κ3) is 2.84. The van der Waals surface area contributed by atoms with Crippen LogP contribution in [0.2, 0.25) is 0 Å². The molecular weight excluding hydrogens is 267 g/mol. The topological polar surface area (TPSA) is 42.0 Å². The maximum Gasteiger partial charge on any atom is 0.241 e. The lowest BCUT2D eigenvalue weighted by Crippen LogP contribution is -2.11. The zero-order valence-electron chi connectivity index (χ0n) is 8.49. The van der Waals surface area contributed by atoms with Crippen molar-refractivity contribution < 1.29 is 4.79 Å². The van der Waals surface area contributed by atoms with E-state index in [1.165, 1.54) is 16.9 Å². The fourth-order valence-corrected chi connectivity index (χ4v) is 2.29. The molecule has 1 heterocycles. The maximum absolute atomic E-state index is 11.0. The number of aromatic nitrogens is 1. The molecule has 0 aliphatic rings. The van der Waals surface area contributed by atoms with Crippen molar-refractivity contribution in [2.45, 2.75) is 6.92 Å². The largest absolute Gasteiger partial charge is 0.301 e. The molecule has 6 heteroatoms. The van der Waals surface area contributed by atoms with Crippen molar-refractivity contribution in [1.29, 1.82) is 0 Å². The van der Waals surface area contributed by atoms with Gasteiger partial charge in [-0.05, 0) is 24.6 Å². The summed E-state index contributed by atoms with van der Waals surface area (Å²) >= 11 is 6.84. The molecule has 0 atom stereocenters. The number of benzene rings is 1. The second-order valence-corrected chi connectivity index (χ2v) is 4.47. The molecule has 2 aromatic rings. The molecule has 0 saturated carbocycles. The first-order chi connectivity index (χ1) is 7.19. The zero-order valence-corrected chi connectivity index (χ0v) is 10.9. The van der Waals surface area contributed by atoms with Gasteiger partial charge in [0, 0.05) is 0 Å². The number of carbonyl (C=O) groups excluding carboxylic acids is 1. The third-order valence-corrected chi connectivity index (χ3v) is 3.09. The van der Waals surface area contributed by atoms with Crippen molar-refractivity contribution in [1.82, 2.24) is 4.98 Å². The molecule has 0 spiro atoms. The number of nitrogens with one attached hydrogen (secondary N) is 1. The van der Waals surface area contributed by atoms with E-state index < -0.39 is 0 Å². The Kier molecular flexibility index (Phi) is 4.53. The van der Waals surface area contributed by atoms with Crippen LogP contribution in [0, 0.1) is 6.92 Å². The van der Waals surface area contributed by atoms with E-state index in [1.807, 2.05) is 25.1 Å². The molecule has 1 aromatic heterocycles. The number of anilines is 1. The molecule has 2 rings (SSSR count). The van der Waals surface area contributed by atoms with Gasteiger partial charge < -0.3 is 5.32 Å². The Morgan fingerprint density at radius 3 is 3.00 bits per heavy atom. The predicted octanol–water partition coefficient (Wildman–Crippen LogP) is 3.20. The van der Waals surface area contributed by atoms with Crippen molar-refractivity contribution in [2.75, 3.05) is 11.2 Å². The van der Waals surface area contributed by atoms with Gasteiger partial charge in [-0.3, -0.25) is 4.79 Å². The highest BCUT2D eigenvalue weighted by Gasteiger charge is 2.06. The molecule has 1 aromatic carbocycles.